The Bertz CT molecular complexity index is 914. The van der Waals surface area contributed by atoms with E-state index in [1.807, 2.05) is 24.3 Å². The van der Waals surface area contributed by atoms with E-state index in [1.165, 1.54) is 0 Å². The van der Waals surface area contributed by atoms with Gasteiger partial charge in [0.1, 0.15) is 12.4 Å². The van der Waals surface area contributed by atoms with Crippen LogP contribution in [0.4, 0.5) is 5.69 Å². The molecule has 0 atom stereocenters. The van der Waals surface area contributed by atoms with Crippen molar-refractivity contribution in [1.82, 2.24) is 5.32 Å². The Morgan fingerprint density at radius 2 is 1.79 bits per heavy atom. The molecule has 0 heterocycles. The van der Waals surface area contributed by atoms with Crippen molar-refractivity contribution in [2.24, 2.45) is 0 Å². The summed E-state index contributed by atoms with van der Waals surface area (Å²) in [5.41, 5.74) is 1.97. The minimum atomic E-state index is -3.34. The van der Waals surface area contributed by atoms with E-state index in [0.29, 0.717) is 36.4 Å². The van der Waals surface area contributed by atoms with Gasteiger partial charge in [-0.25, -0.2) is 8.42 Å². The molecule has 2 rings (SSSR count). The zero-order chi connectivity index (χ0) is 20.4. The van der Waals surface area contributed by atoms with Crippen molar-refractivity contribution in [3.8, 4) is 18.1 Å². The van der Waals surface area contributed by atoms with Gasteiger partial charge in [-0.1, -0.05) is 25.0 Å². The van der Waals surface area contributed by atoms with E-state index in [-0.39, 0.29) is 18.3 Å². The van der Waals surface area contributed by atoms with Crippen LogP contribution in [-0.2, 0) is 16.4 Å². The third kappa shape index (κ3) is 6.97. The third-order valence-corrected chi connectivity index (χ3v) is 5.33. The first-order valence-electron chi connectivity index (χ1n) is 8.97. The highest BCUT2D eigenvalue weighted by Gasteiger charge is 2.10. The normalized spacial score (nSPS) is 10.7. The molecule has 6 nitrogen and oxygen atoms in total. The molecule has 0 aliphatic rings. The average Bonchev–Trinajstić information content (AvgIpc) is 2.67. The predicted molar refractivity (Wildman–Crippen MR) is 111 cm³/mol. The number of rotatable bonds is 10. The molecular formula is C21H24N2O4S. The largest absolute Gasteiger partial charge is 0.481 e. The number of amides is 1. The van der Waals surface area contributed by atoms with Crippen molar-refractivity contribution in [3.05, 3.63) is 59.7 Å². The fraction of sp³-hybridized carbons (Fsp3) is 0.286. The molecule has 0 aromatic heterocycles. The van der Waals surface area contributed by atoms with Crippen LogP contribution >= 0.6 is 0 Å². The number of hydrogen-bond donors (Lipinski definition) is 2. The van der Waals surface area contributed by atoms with Gasteiger partial charge in [0.2, 0.25) is 10.0 Å². The fourth-order valence-corrected chi connectivity index (χ4v) is 3.62. The van der Waals surface area contributed by atoms with Gasteiger partial charge in [0.15, 0.2) is 0 Å². The summed E-state index contributed by atoms with van der Waals surface area (Å²) >= 11 is 0. The van der Waals surface area contributed by atoms with E-state index < -0.39 is 10.0 Å². The van der Waals surface area contributed by atoms with E-state index in [2.05, 4.69) is 16.0 Å². The van der Waals surface area contributed by atoms with E-state index in [1.54, 1.807) is 31.2 Å². The van der Waals surface area contributed by atoms with Crippen LogP contribution in [0, 0.1) is 12.3 Å². The predicted octanol–water partition coefficient (Wildman–Crippen LogP) is 2.82. The first-order chi connectivity index (χ1) is 13.4. The number of carbonyl (C=O) groups is 1. The highest BCUT2D eigenvalue weighted by Crippen LogP contribution is 2.13. The molecule has 148 valence electrons. The third-order valence-electron chi connectivity index (χ3n) is 3.84. The number of terminal acetylenes is 1. The second kappa shape index (κ2) is 10.4. The number of sulfonamides is 1. The molecule has 2 N–H and O–H groups in total. The van der Waals surface area contributed by atoms with Crippen molar-refractivity contribution in [2.75, 3.05) is 23.6 Å². The van der Waals surface area contributed by atoms with E-state index in [4.69, 9.17) is 11.2 Å². The zero-order valence-corrected chi connectivity index (χ0v) is 16.6. The maximum absolute atomic E-state index is 12.2. The Morgan fingerprint density at radius 3 is 2.39 bits per heavy atom. The summed E-state index contributed by atoms with van der Waals surface area (Å²) in [6.45, 7) is 2.51. The second-order valence-corrected chi connectivity index (χ2v) is 7.98. The second-order valence-electron chi connectivity index (χ2n) is 6.14. The number of ether oxygens (including phenoxy) is 1. The molecule has 0 saturated heterocycles. The number of benzene rings is 2. The van der Waals surface area contributed by atoms with Gasteiger partial charge in [-0.2, -0.15) is 0 Å². The maximum Gasteiger partial charge on any atom is 0.251 e. The quantitative estimate of drug-likeness (QED) is 0.601. The lowest BCUT2D eigenvalue weighted by Crippen LogP contribution is -2.25. The SMILES string of the molecule is C#CCOc1ccc(CCNC(=O)c2ccc(NS(=O)(=O)CCC)cc2)cc1. The first kappa shape index (κ1) is 21.3. The van der Waals surface area contributed by atoms with Gasteiger partial charge in [0.25, 0.3) is 5.91 Å². The number of nitrogens with one attached hydrogen (secondary N) is 2. The molecule has 2 aromatic carbocycles. The van der Waals surface area contributed by atoms with Crippen molar-refractivity contribution in [1.29, 1.82) is 0 Å². The summed E-state index contributed by atoms with van der Waals surface area (Å²) in [6, 6.07) is 13.9. The highest BCUT2D eigenvalue weighted by molar-refractivity contribution is 7.92. The summed E-state index contributed by atoms with van der Waals surface area (Å²) in [7, 11) is -3.34. The fourth-order valence-electron chi connectivity index (χ4n) is 2.49. The van der Waals surface area contributed by atoms with Crippen LogP contribution < -0.4 is 14.8 Å². The van der Waals surface area contributed by atoms with E-state index in [9.17, 15) is 13.2 Å². The van der Waals surface area contributed by atoms with Gasteiger partial charge in [0.05, 0.1) is 5.75 Å². The lowest BCUT2D eigenvalue weighted by atomic mass is 10.1. The van der Waals surface area contributed by atoms with Gasteiger partial charge in [-0.15, -0.1) is 6.42 Å². The van der Waals surface area contributed by atoms with E-state index in [0.717, 1.165) is 5.56 Å². The molecule has 0 aliphatic carbocycles. The molecule has 1 amide bonds. The van der Waals surface area contributed by atoms with Crippen LogP contribution in [0.2, 0.25) is 0 Å². The molecule has 0 spiro atoms. The molecule has 0 bridgehead atoms. The number of hydrogen-bond acceptors (Lipinski definition) is 4. The monoisotopic (exact) mass is 400 g/mol. The summed E-state index contributed by atoms with van der Waals surface area (Å²) in [5, 5.41) is 2.85. The van der Waals surface area contributed by atoms with Gasteiger partial charge in [-0.05, 0) is 54.8 Å². The van der Waals surface area contributed by atoms with Crippen LogP contribution in [0.3, 0.4) is 0 Å². The molecule has 0 unspecified atom stereocenters. The Labute approximate surface area is 166 Å². The van der Waals surface area contributed by atoms with Gasteiger partial charge in [-0.3, -0.25) is 9.52 Å². The van der Waals surface area contributed by atoms with Crippen molar-refractivity contribution < 1.29 is 17.9 Å². The molecule has 7 heteroatoms. The molecule has 0 saturated carbocycles. The van der Waals surface area contributed by atoms with Crippen molar-refractivity contribution in [3.63, 3.8) is 0 Å². The lowest BCUT2D eigenvalue weighted by molar-refractivity contribution is 0.0954. The van der Waals surface area contributed by atoms with Gasteiger partial charge < -0.3 is 10.1 Å². The number of carbonyl (C=O) groups excluding carboxylic acids is 1. The topological polar surface area (TPSA) is 84.5 Å². The summed E-state index contributed by atoms with van der Waals surface area (Å²) < 4.78 is 31.3. The van der Waals surface area contributed by atoms with Crippen LogP contribution in [0.1, 0.15) is 29.3 Å². The Balaban J connectivity index is 1.82. The van der Waals surface area contributed by atoms with Crippen molar-refractivity contribution >= 4 is 21.6 Å². The van der Waals surface area contributed by atoms with Crippen LogP contribution in [0.5, 0.6) is 5.75 Å². The summed E-state index contributed by atoms with van der Waals surface area (Å²) in [4.78, 5) is 12.2. The molecular weight excluding hydrogens is 376 g/mol. The standard InChI is InChI=1S/C21H24N2O4S/c1-3-15-27-20-11-5-17(6-12-20)13-14-22-21(24)18-7-9-19(10-8-18)23-28(25,26)16-4-2/h1,5-12,23H,4,13-16H2,2H3,(H,22,24). The van der Waals surface area contributed by atoms with Crippen LogP contribution in [0.15, 0.2) is 48.5 Å². The Kier molecular flexibility index (Phi) is 7.90. The minimum absolute atomic E-state index is 0.0618. The molecule has 28 heavy (non-hydrogen) atoms. The van der Waals surface area contributed by atoms with Gasteiger partial charge in [0, 0.05) is 17.8 Å². The molecule has 2 aromatic rings. The smallest absolute Gasteiger partial charge is 0.251 e. The highest BCUT2D eigenvalue weighted by atomic mass is 32.2. The van der Waals surface area contributed by atoms with Crippen molar-refractivity contribution in [2.45, 2.75) is 19.8 Å². The molecule has 0 aliphatic heterocycles. The zero-order valence-electron chi connectivity index (χ0n) is 15.8. The average molecular weight is 401 g/mol. The lowest BCUT2D eigenvalue weighted by Gasteiger charge is -2.09. The van der Waals surface area contributed by atoms with Gasteiger partial charge >= 0.3 is 0 Å². The number of anilines is 1. The maximum atomic E-state index is 12.2. The molecule has 0 radical (unpaired) electrons. The minimum Gasteiger partial charge on any atom is -0.481 e. The Hall–Kier alpha value is -2.98. The molecule has 0 fully saturated rings. The summed E-state index contributed by atoms with van der Waals surface area (Å²) in [5.74, 6) is 2.97. The summed E-state index contributed by atoms with van der Waals surface area (Å²) in [6.07, 6.45) is 6.37. The van der Waals surface area contributed by atoms with E-state index >= 15 is 0 Å². The van der Waals surface area contributed by atoms with Crippen LogP contribution in [0.25, 0.3) is 0 Å². The van der Waals surface area contributed by atoms with Crippen LogP contribution in [-0.4, -0.2) is 33.2 Å². The first-order valence-corrected chi connectivity index (χ1v) is 10.6. The Morgan fingerprint density at radius 1 is 1.11 bits per heavy atom.